The molecule has 98 valence electrons. The summed E-state index contributed by atoms with van der Waals surface area (Å²) in [5.74, 6) is -0.682. The van der Waals surface area contributed by atoms with Crippen molar-refractivity contribution in [2.75, 3.05) is 13.2 Å². The van der Waals surface area contributed by atoms with E-state index in [1.54, 1.807) is 6.92 Å². The molecule has 17 heavy (non-hydrogen) atoms. The number of rotatable bonds is 7. The smallest absolute Gasteiger partial charge is 0.429 e. The van der Waals surface area contributed by atoms with Gasteiger partial charge in [-0.15, -0.1) is 0 Å². The van der Waals surface area contributed by atoms with Gasteiger partial charge in [-0.25, -0.2) is 19.7 Å². The molecule has 0 aromatic carbocycles. The number of carbonyl (C=O) groups excluding carboxylic acids is 2. The molecule has 0 rings (SSSR count). The molecule has 0 amide bonds. The molecule has 0 aliphatic carbocycles. The Hall–Kier alpha value is -1.64. The van der Waals surface area contributed by atoms with Crippen LogP contribution in [0.25, 0.3) is 0 Å². The minimum Gasteiger partial charge on any atom is -0.429 e. The summed E-state index contributed by atoms with van der Waals surface area (Å²) in [7, 11) is 0. The summed E-state index contributed by atoms with van der Waals surface area (Å²) in [6.45, 7) is 6.33. The summed E-state index contributed by atoms with van der Waals surface area (Å²) in [5, 5.41) is 10.9. The summed E-state index contributed by atoms with van der Waals surface area (Å²) < 4.78 is 14.2. The van der Waals surface area contributed by atoms with Crippen LogP contribution in [0, 0.1) is 0 Å². The van der Waals surface area contributed by atoms with Crippen LogP contribution in [0.2, 0.25) is 0 Å². The Morgan fingerprint density at radius 1 is 1.41 bits per heavy atom. The quantitative estimate of drug-likeness (QED) is 0.235. The molecule has 1 unspecified atom stereocenters. The molecule has 8 nitrogen and oxygen atoms in total. The Bertz CT molecular complexity index is 274. The van der Waals surface area contributed by atoms with Crippen molar-refractivity contribution < 1.29 is 39.0 Å². The largest absolute Gasteiger partial charge is 0.542 e. The molecule has 0 aliphatic heterocycles. The maximum atomic E-state index is 11.2. The van der Waals surface area contributed by atoms with E-state index in [-0.39, 0.29) is 12.2 Å². The molecule has 0 fully saturated rings. The Morgan fingerprint density at radius 2 is 2.06 bits per heavy atom. The zero-order valence-corrected chi connectivity index (χ0v) is 9.50. The van der Waals surface area contributed by atoms with Crippen molar-refractivity contribution in [1.29, 1.82) is 0 Å². The molecule has 8 heteroatoms. The predicted octanol–water partition coefficient (Wildman–Crippen LogP) is 1.03. The van der Waals surface area contributed by atoms with Gasteiger partial charge in [-0.05, 0) is 18.9 Å². The van der Waals surface area contributed by atoms with E-state index in [4.69, 9.17) is 14.7 Å². The average Bonchev–Trinajstić information content (AvgIpc) is 2.26. The van der Waals surface area contributed by atoms with Crippen LogP contribution in [0.4, 0.5) is 4.79 Å². The Balaban J connectivity index is 4.10. The molecule has 0 aliphatic rings. The predicted molar refractivity (Wildman–Crippen MR) is 52.5 cm³/mol. The van der Waals surface area contributed by atoms with Gasteiger partial charge in [0.05, 0.1) is 0 Å². The fourth-order valence-electron chi connectivity index (χ4n) is 0.713. The highest BCUT2D eigenvalue weighted by Gasteiger charge is 2.18. The summed E-state index contributed by atoms with van der Waals surface area (Å²) in [6, 6.07) is 0. The van der Waals surface area contributed by atoms with Crippen LogP contribution in [-0.4, -0.2) is 36.9 Å². The molecule has 0 radical (unpaired) electrons. The van der Waals surface area contributed by atoms with Crippen LogP contribution in [0.3, 0.4) is 0 Å². The minimum absolute atomic E-state index is 0.177. The lowest BCUT2D eigenvalue weighted by Crippen LogP contribution is -2.28. The Labute approximate surface area is 97.5 Å². The van der Waals surface area contributed by atoms with E-state index in [0.29, 0.717) is 0 Å². The minimum atomic E-state index is -1.30. The molecule has 0 bridgehead atoms. The first-order valence-electron chi connectivity index (χ1n) is 4.64. The maximum absolute atomic E-state index is 11.2. The van der Waals surface area contributed by atoms with E-state index in [9.17, 15) is 9.59 Å². The normalized spacial score (nSPS) is 11.5. The summed E-state index contributed by atoms with van der Waals surface area (Å²) in [6.07, 6.45) is -2.39. The first-order chi connectivity index (χ1) is 8.01. The van der Waals surface area contributed by atoms with Gasteiger partial charge in [-0.1, -0.05) is 6.58 Å². The second-order valence-electron chi connectivity index (χ2n) is 2.79. The van der Waals surface area contributed by atoms with Crippen LogP contribution in [-0.2, 0) is 28.9 Å². The van der Waals surface area contributed by atoms with Crippen molar-refractivity contribution in [2.24, 2.45) is 0 Å². The Morgan fingerprint density at radius 3 is 2.53 bits per heavy atom. The van der Waals surface area contributed by atoms with Gasteiger partial charge in [-0.2, -0.15) is 0 Å². The standard InChI is InChI=1S/C9H14O8/c1-4-13-7(15-8(10)6(2)3)5-14-9(11)16-17-12/h7,12H,2,4-5H2,1,3H3. The second kappa shape index (κ2) is 8.50. The molecule has 0 saturated heterocycles. The average molecular weight is 250 g/mol. The van der Waals surface area contributed by atoms with Crippen molar-refractivity contribution in [3.05, 3.63) is 12.2 Å². The fourth-order valence-corrected chi connectivity index (χ4v) is 0.713. The van der Waals surface area contributed by atoms with Crippen molar-refractivity contribution in [1.82, 2.24) is 0 Å². The summed E-state index contributed by atoms with van der Waals surface area (Å²) >= 11 is 0. The topological polar surface area (TPSA) is 101 Å². The van der Waals surface area contributed by atoms with Gasteiger partial charge in [0.2, 0.25) is 6.29 Å². The van der Waals surface area contributed by atoms with Gasteiger partial charge >= 0.3 is 12.1 Å². The lowest BCUT2D eigenvalue weighted by Gasteiger charge is -2.16. The Kier molecular flexibility index (Phi) is 7.68. The highest BCUT2D eigenvalue weighted by molar-refractivity contribution is 5.87. The zero-order valence-electron chi connectivity index (χ0n) is 9.50. The van der Waals surface area contributed by atoms with Crippen LogP contribution in [0.15, 0.2) is 12.2 Å². The third-order valence-corrected chi connectivity index (χ3v) is 1.38. The zero-order chi connectivity index (χ0) is 13.3. The lowest BCUT2D eigenvalue weighted by atomic mass is 10.4. The molecular formula is C9H14O8. The highest BCUT2D eigenvalue weighted by atomic mass is 17.5. The molecule has 1 atom stereocenters. The van der Waals surface area contributed by atoms with Crippen LogP contribution >= 0.6 is 0 Å². The van der Waals surface area contributed by atoms with Gasteiger partial charge in [0.1, 0.15) is 0 Å². The molecule has 0 heterocycles. The first kappa shape index (κ1) is 15.4. The van der Waals surface area contributed by atoms with Gasteiger partial charge in [0.25, 0.3) is 0 Å². The molecular weight excluding hydrogens is 236 g/mol. The van der Waals surface area contributed by atoms with Gasteiger partial charge < -0.3 is 14.2 Å². The van der Waals surface area contributed by atoms with E-state index < -0.39 is 25.0 Å². The molecule has 0 saturated carbocycles. The van der Waals surface area contributed by atoms with Crippen molar-refractivity contribution in [2.45, 2.75) is 20.1 Å². The van der Waals surface area contributed by atoms with Crippen molar-refractivity contribution in [3.63, 3.8) is 0 Å². The van der Waals surface area contributed by atoms with Gasteiger partial charge in [0.15, 0.2) is 6.61 Å². The van der Waals surface area contributed by atoms with Crippen molar-refractivity contribution in [3.8, 4) is 0 Å². The number of hydrogen-bond donors (Lipinski definition) is 1. The maximum Gasteiger partial charge on any atom is 0.542 e. The molecule has 0 aromatic rings. The number of hydrogen-bond acceptors (Lipinski definition) is 8. The number of carbonyl (C=O) groups is 2. The van der Waals surface area contributed by atoms with Crippen LogP contribution in [0.5, 0.6) is 0 Å². The summed E-state index contributed by atoms with van der Waals surface area (Å²) in [5.41, 5.74) is 0.177. The highest BCUT2D eigenvalue weighted by Crippen LogP contribution is 2.02. The van der Waals surface area contributed by atoms with E-state index in [0.717, 1.165) is 0 Å². The third-order valence-electron chi connectivity index (χ3n) is 1.38. The van der Waals surface area contributed by atoms with E-state index in [1.807, 2.05) is 0 Å². The van der Waals surface area contributed by atoms with Crippen LogP contribution < -0.4 is 0 Å². The van der Waals surface area contributed by atoms with Crippen molar-refractivity contribution >= 4 is 12.1 Å². The van der Waals surface area contributed by atoms with E-state index >= 15 is 0 Å². The molecule has 1 N–H and O–H groups in total. The fraction of sp³-hybridized carbons (Fsp3) is 0.556. The van der Waals surface area contributed by atoms with Crippen LogP contribution in [0.1, 0.15) is 13.8 Å². The van der Waals surface area contributed by atoms with E-state index in [1.165, 1.54) is 6.92 Å². The second-order valence-corrected chi connectivity index (χ2v) is 2.79. The third kappa shape index (κ3) is 7.28. The van der Waals surface area contributed by atoms with Gasteiger partial charge in [0, 0.05) is 12.2 Å². The first-order valence-corrected chi connectivity index (χ1v) is 4.64. The number of esters is 1. The SMILES string of the molecule is C=C(C)C(=O)OC(COC(=O)OOO)OCC. The van der Waals surface area contributed by atoms with Gasteiger partial charge in [-0.3, -0.25) is 0 Å². The molecule has 0 spiro atoms. The number of ether oxygens (including phenoxy) is 3. The van der Waals surface area contributed by atoms with E-state index in [2.05, 4.69) is 21.2 Å². The summed E-state index contributed by atoms with van der Waals surface area (Å²) in [4.78, 5) is 25.4. The monoisotopic (exact) mass is 250 g/mol. The molecule has 0 aromatic heterocycles. The lowest BCUT2D eigenvalue weighted by molar-refractivity contribution is -0.462.